The number of carbonyl (C=O) groups is 4. The van der Waals surface area contributed by atoms with Crippen LogP contribution in [0.15, 0.2) is 22.9 Å². The number of hydrogen-bond donors (Lipinski definition) is 0. The molecule has 216 valence electrons. The summed E-state index contributed by atoms with van der Waals surface area (Å²) in [6.07, 6.45) is 3.57. The van der Waals surface area contributed by atoms with Crippen LogP contribution in [-0.2, 0) is 19.1 Å². The van der Waals surface area contributed by atoms with Crippen molar-refractivity contribution in [1.82, 2.24) is 9.80 Å². The first kappa shape index (κ1) is 34.9. The van der Waals surface area contributed by atoms with Crippen LogP contribution >= 0.6 is 22.7 Å². The molecule has 0 bridgehead atoms. The van der Waals surface area contributed by atoms with E-state index >= 15 is 0 Å². The summed E-state index contributed by atoms with van der Waals surface area (Å²) in [5.74, 6) is -1.01. The summed E-state index contributed by atoms with van der Waals surface area (Å²) < 4.78 is 10.1. The molecule has 0 radical (unpaired) electrons. The monoisotopic (exact) mass is 602 g/mol. The smallest absolute Gasteiger partial charge is 0.544 e. The van der Waals surface area contributed by atoms with Gasteiger partial charge >= 0.3 is 37.7 Å². The molecule has 4 saturated heterocycles. The second-order valence-electron chi connectivity index (χ2n) is 10.7. The Morgan fingerprint density at radius 1 is 0.643 bits per heavy atom. The zero-order chi connectivity index (χ0) is 28.2. The van der Waals surface area contributed by atoms with Crippen LogP contribution in [0.25, 0.3) is 0 Å². The number of carboxylic acids is 2. The van der Waals surface area contributed by atoms with Gasteiger partial charge in [-0.05, 0) is 71.5 Å². The Balaban J connectivity index is 0.000000220. The number of piperidine rings is 2. The third-order valence-electron chi connectivity index (χ3n) is 8.17. The normalized spacial score (nSPS) is 19.7. The maximum Gasteiger partial charge on any atom is 1.00 e. The Hall–Kier alpha value is -1.61. The topological polar surface area (TPSA) is 139 Å². The molecule has 4 aliphatic rings. The Bertz CT molecular complexity index is 1140. The van der Waals surface area contributed by atoms with Crippen LogP contribution in [0.5, 0.6) is 0 Å². The van der Waals surface area contributed by atoms with E-state index in [2.05, 4.69) is 0 Å². The minimum atomic E-state index is -1.11. The van der Waals surface area contributed by atoms with Crippen molar-refractivity contribution in [3.8, 4) is 0 Å². The molecule has 14 heteroatoms. The van der Waals surface area contributed by atoms with Crippen molar-refractivity contribution in [2.24, 2.45) is 11.8 Å². The molecule has 4 aliphatic heterocycles. The first-order valence-corrected chi connectivity index (χ1v) is 15.4. The van der Waals surface area contributed by atoms with Crippen LogP contribution in [0.4, 0.5) is 0 Å². The van der Waals surface area contributed by atoms with E-state index in [0.29, 0.717) is 38.3 Å². The fraction of sp³-hybridized carbons (Fsp3) is 0.571. The van der Waals surface area contributed by atoms with Gasteiger partial charge in [-0.3, -0.25) is 9.59 Å². The van der Waals surface area contributed by atoms with Gasteiger partial charge in [-0.25, -0.2) is 0 Å². The van der Waals surface area contributed by atoms with E-state index in [4.69, 9.17) is 9.47 Å². The molecule has 0 saturated carbocycles. The largest absolute Gasteiger partial charge is 1.00 e. The van der Waals surface area contributed by atoms with Crippen molar-refractivity contribution in [1.29, 1.82) is 0 Å². The summed E-state index contributed by atoms with van der Waals surface area (Å²) in [7, 11) is 0. The van der Waals surface area contributed by atoms with Crippen molar-refractivity contribution in [2.75, 3.05) is 52.6 Å². The number of rotatable bonds is 6. The summed E-state index contributed by atoms with van der Waals surface area (Å²) >= 11 is 2.43. The molecular weight excluding hydrogens is 570 g/mol. The Kier molecular flexibility index (Phi) is 13.2. The van der Waals surface area contributed by atoms with Gasteiger partial charge in [0.25, 0.3) is 0 Å². The predicted molar refractivity (Wildman–Crippen MR) is 143 cm³/mol. The third kappa shape index (κ3) is 8.31. The zero-order valence-corrected chi connectivity index (χ0v) is 25.7. The van der Waals surface area contributed by atoms with E-state index in [-0.39, 0.29) is 71.1 Å². The predicted octanol–water partition coefficient (Wildman–Crippen LogP) is -5.06. The molecular formula is C28H32Li2N2O8S2. The number of aromatic carboxylic acids is 2. The average molecular weight is 603 g/mol. The Morgan fingerprint density at radius 2 is 0.976 bits per heavy atom. The van der Waals surface area contributed by atoms with E-state index in [1.165, 1.54) is 22.7 Å². The molecule has 42 heavy (non-hydrogen) atoms. The van der Waals surface area contributed by atoms with Crippen LogP contribution in [0, 0.1) is 11.8 Å². The number of thiophene rings is 2. The third-order valence-corrected chi connectivity index (χ3v) is 10.0. The molecule has 6 heterocycles. The van der Waals surface area contributed by atoms with Gasteiger partial charge in [0, 0.05) is 26.2 Å². The summed E-state index contributed by atoms with van der Waals surface area (Å²) in [6.45, 7) is 5.20. The van der Waals surface area contributed by atoms with E-state index in [1.807, 2.05) is 20.6 Å². The van der Waals surface area contributed by atoms with Gasteiger partial charge in [0.2, 0.25) is 11.8 Å². The van der Waals surface area contributed by atoms with E-state index in [1.54, 1.807) is 12.1 Å². The zero-order valence-electron chi connectivity index (χ0n) is 24.1. The van der Waals surface area contributed by atoms with Gasteiger partial charge in [0.15, 0.2) is 0 Å². The standard InChI is InChI=1S/2C14H17NO4S.2Li/c2*16-13(11-6-19-7-11)15-3-1-9(2-4-15)10-5-12(14(17)18)20-8-10;;/h2*5,8-9,11H,1-4,6-7H2,(H,17,18);;/q;;2*+1/p-2. The van der Waals surface area contributed by atoms with Crippen molar-refractivity contribution in [2.45, 2.75) is 37.5 Å². The van der Waals surface area contributed by atoms with Crippen LogP contribution in [0.3, 0.4) is 0 Å². The van der Waals surface area contributed by atoms with E-state index < -0.39 is 11.9 Å². The molecule has 0 aromatic carbocycles. The quantitative estimate of drug-likeness (QED) is 0.300. The first-order valence-electron chi connectivity index (χ1n) is 13.6. The maximum atomic E-state index is 12.1. The van der Waals surface area contributed by atoms with Gasteiger partial charge in [0.1, 0.15) is 0 Å². The van der Waals surface area contributed by atoms with Crippen molar-refractivity contribution < 1.29 is 76.6 Å². The molecule has 0 atom stereocenters. The summed E-state index contributed by atoms with van der Waals surface area (Å²) in [5.41, 5.74) is 2.13. The summed E-state index contributed by atoms with van der Waals surface area (Å²) in [4.78, 5) is 50.1. The number of amides is 2. The molecule has 0 unspecified atom stereocenters. The number of ether oxygens (including phenoxy) is 2. The van der Waals surface area contributed by atoms with Gasteiger partial charge in [0.05, 0.1) is 60.0 Å². The van der Waals surface area contributed by atoms with E-state index in [9.17, 15) is 29.4 Å². The van der Waals surface area contributed by atoms with Crippen molar-refractivity contribution in [3.63, 3.8) is 0 Å². The number of carboxylic acid groups (broad SMARTS) is 2. The molecule has 2 amide bonds. The summed E-state index contributed by atoms with van der Waals surface area (Å²) in [5, 5.41) is 25.4. The first-order chi connectivity index (χ1) is 19.3. The maximum absolute atomic E-state index is 12.1. The molecule has 4 fully saturated rings. The molecule has 6 rings (SSSR count). The number of likely N-dealkylation sites (tertiary alicyclic amines) is 2. The average Bonchev–Trinajstić information content (AvgIpc) is 3.58. The molecule has 2 aromatic rings. The Labute approximate surface area is 277 Å². The van der Waals surface area contributed by atoms with Gasteiger partial charge in [-0.2, -0.15) is 0 Å². The minimum absolute atomic E-state index is 0. The van der Waals surface area contributed by atoms with Crippen LogP contribution < -0.4 is 47.9 Å². The van der Waals surface area contributed by atoms with E-state index in [0.717, 1.165) is 63.0 Å². The SMILES string of the molecule is O=C([O-])c1cc(C2CCN(C(=O)C3COC3)CC2)cs1.O=C([O-])c1cc(C2CCN(C(=O)C3COC3)CC2)cs1.[Li+].[Li+]. The fourth-order valence-electron chi connectivity index (χ4n) is 5.48. The fourth-order valence-corrected chi connectivity index (χ4v) is 7.13. The number of hydrogen-bond acceptors (Lipinski definition) is 10. The van der Waals surface area contributed by atoms with Crippen LogP contribution in [-0.4, -0.2) is 86.2 Å². The molecule has 10 nitrogen and oxygen atoms in total. The number of nitrogens with zero attached hydrogens (tertiary/aromatic N) is 2. The van der Waals surface area contributed by atoms with Gasteiger partial charge in [-0.1, -0.05) is 0 Å². The second kappa shape index (κ2) is 15.9. The van der Waals surface area contributed by atoms with Crippen molar-refractivity contribution >= 4 is 46.4 Å². The van der Waals surface area contributed by atoms with Gasteiger partial charge < -0.3 is 39.1 Å². The molecule has 2 aromatic heterocycles. The van der Waals surface area contributed by atoms with Crippen LogP contribution in [0.2, 0.25) is 0 Å². The van der Waals surface area contributed by atoms with Crippen molar-refractivity contribution in [3.05, 3.63) is 43.8 Å². The second-order valence-corrected chi connectivity index (χ2v) is 12.6. The molecule has 0 N–H and O–H groups in total. The van der Waals surface area contributed by atoms with Crippen LogP contribution in [0.1, 0.15) is 68.0 Å². The minimum Gasteiger partial charge on any atom is -0.544 e. The summed E-state index contributed by atoms with van der Waals surface area (Å²) in [6, 6.07) is 3.42. The number of carbonyl (C=O) groups excluding carboxylic acids is 4. The molecule has 0 spiro atoms. The Morgan fingerprint density at radius 3 is 1.21 bits per heavy atom. The molecule has 0 aliphatic carbocycles. The van der Waals surface area contributed by atoms with Gasteiger partial charge in [-0.15, -0.1) is 22.7 Å².